The number of aromatic nitrogens is 1. The van der Waals surface area contributed by atoms with Crippen molar-refractivity contribution in [3.8, 4) is 17.0 Å². The van der Waals surface area contributed by atoms with Gasteiger partial charge >= 0.3 is 6.09 Å². The number of carbonyl (C=O) groups excluding carboxylic acids is 5. The Kier molecular flexibility index (Phi) is 16.7. The Bertz CT molecular complexity index is 3090. The Morgan fingerprint density at radius 2 is 1.32 bits per heavy atom. The number of nitrogen functional groups attached to an aromatic ring is 2. The number of amides is 3. The second-order valence-corrected chi connectivity index (χ2v) is 19.6. The number of ketones is 2. The number of rotatable bonds is 19. The molecule has 0 radical (unpaired) electrons. The fourth-order valence-corrected chi connectivity index (χ4v) is 9.75. The second kappa shape index (κ2) is 22.9. The molecule has 1 aliphatic carbocycles. The van der Waals surface area contributed by atoms with Crippen molar-refractivity contribution in [3.63, 3.8) is 0 Å². The highest BCUT2D eigenvalue weighted by Gasteiger charge is 2.39. The number of ether oxygens (including phenoxy) is 1. The van der Waals surface area contributed by atoms with Crippen molar-refractivity contribution in [2.24, 2.45) is 5.41 Å². The standard InChI is InChI=1S/C57H61Cl2N7O6/c1-36-37(2)54(69)51(38(3)53(36)68)57(4,5)34-50(67)63(6)30-31-65(56(71)72-45-20-18-44(19-21-45)64(27-24-58)28-25-59)29-26-62-55(70)41-14-12-39(13-15-41)35-66-49-33-43(61)17-23-47(49)46-22-16-42(60)32-48(46)52(66)40-10-8-7-9-11-40/h7-23,32-33,61H,24-31,34-35,60H2,1-6H3,(H,62,70)/p+1. The van der Waals surface area contributed by atoms with Gasteiger partial charge in [-0.2, -0.15) is 4.57 Å². The van der Waals surface area contributed by atoms with E-state index in [9.17, 15) is 24.0 Å². The van der Waals surface area contributed by atoms with Crippen LogP contribution in [-0.4, -0.2) is 97.4 Å². The minimum Gasteiger partial charge on any atom is -0.410 e. The van der Waals surface area contributed by atoms with Gasteiger partial charge in [0.15, 0.2) is 18.1 Å². The molecule has 5 aromatic carbocycles. The second-order valence-electron chi connectivity index (χ2n) is 18.8. The Hall–Kier alpha value is -7.22. The normalized spacial score (nSPS) is 12.9. The first-order chi connectivity index (χ1) is 34.4. The minimum atomic E-state index is -0.946. The summed E-state index contributed by atoms with van der Waals surface area (Å²) in [5, 5.41) is 6.04. The van der Waals surface area contributed by atoms with Crippen LogP contribution in [0.25, 0.3) is 32.9 Å². The van der Waals surface area contributed by atoms with E-state index in [-0.39, 0.29) is 56.0 Å². The number of carbonyl (C=O) groups is 5. The van der Waals surface area contributed by atoms with Crippen LogP contribution in [0.5, 0.6) is 5.75 Å². The monoisotopic (exact) mass is 1010 g/mol. The number of hydrogen-bond acceptors (Lipinski definition) is 9. The number of anilines is 3. The van der Waals surface area contributed by atoms with Crippen LogP contribution in [0.15, 0.2) is 138 Å². The van der Waals surface area contributed by atoms with E-state index in [2.05, 4.69) is 22.0 Å². The topological polar surface area (TPSA) is 172 Å². The number of alkyl halides is 2. The molecule has 0 saturated heterocycles. The molecular formula is C57H62Cl2N7O6+. The van der Waals surface area contributed by atoms with E-state index in [4.69, 9.17) is 39.4 Å². The molecule has 15 heteroatoms. The summed E-state index contributed by atoms with van der Waals surface area (Å²) in [6, 6.07) is 36.4. The average molecular weight is 1010 g/mol. The third-order valence-electron chi connectivity index (χ3n) is 13.4. The van der Waals surface area contributed by atoms with Crippen LogP contribution < -0.4 is 31.0 Å². The summed E-state index contributed by atoms with van der Waals surface area (Å²) < 4.78 is 8.08. The molecule has 7 rings (SSSR count). The first kappa shape index (κ1) is 52.6. The van der Waals surface area contributed by atoms with Crippen LogP contribution in [0.1, 0.15) is 57.0 Å². The lowest BCUT2D eigenvalue weighted by atomic mass is 9.71. The van der Waals surface area contributed by atoms with E-state index in [0.29, 0.717) is 76.4 Å². The maximum absolute atomic E-state index is 13.9. The van der Waals surface area contributed by atoms with Gasteiger partial charge in [-0.25, -0.2) is 4.79 Å². The Morgan fingerprint density at radius 1 is 0.694 bits per heavy atom. The van der Waals surface area contributed by atoms with Gasteiger partial charge in [0.05, 0.1) is 10.8 Å². The molecule has 0 bridgehead atoms. The van der Waals surface area contributed by atoms with E-state index in [1.165, 1.54) is 9.80 Å². The molecule has 1 aliphatic rings. The number of nitrogens with two attached hydrogens (primary N) is 2. The molecule has 1 heterocycles. The number of likely N-dealkylation sites (N-methyl/N-ethyl adjacent to an activating group) is 1. The van der Waals surface area contributed by atoms with Gasteiger partial charge in [-0.05, 0) is 93.6 Å². The number of hydrogen-bond donors (Lipinski definition) is 3. The molecule has 0 atom stereocenters. The highest BCUT2D eigenvalue weighted by molar-refractivity contribution is 6.25. The molecule has 0 unspecified atom stereocenters. The third-order valence-corrected chi connectivity index (χ3v) is 13.7. The summed E-state index contributed by atoms with van der Waals surface area (Å²) >= 11 is 12.1. The largest absolute Gasteiger partial charge is 0.415 e. The quantitative estimate of drug-likeness (QED) is 0.0235. The van der Waals surface area contributed by atoms with E-state index in [0.717, 1.165) is 44.2 Å². The van der Waals surface area contributed by atoms with E-state index in [1.807, 2.05) is 83.8 Å². The highest BCUT2D eigenvalue weighted by atomic mass is 35.5. The summed E-state index contributed by atoms with van der Waals surface area (Å²) in [5.41, 5.74) is 19.8. The smallest absolute Gasteiger partial charge is 0.410 e. The van der Waals surface area contributed by atoms with Crippen molar-refractivity contribution in [1.82, 2.24) is 15.1 Å². The number of allylic oxidation sites excluding steroid dienone is 4. The van der Waals surface area contributed by atoms with Crippen LogP contribution >= 0.6 is 23.2 Å². The Balaban J connectivity index is 1.06. The van der Waals surface area contributed by atoms with E-state index >= 15 is 0 Å². The molecule has 72 heavy (non-hydrogen) atoms. The molecule has 374 valence electrons. The molecule has 0 aliphatic heterocycles. The van der Waals surface area contributed by atoms with Crippen molar-refractivity contribution in [2.45, 2.75) is 47.6 Å². The number of fused-ring (bicyclic) bond motifs is 3. The number of nitrogens with zero attached hydrogens (tertiary/aromatic N) is 4. The van der Waals surface area contributed by atoms with Crippen molar-refractivity contribution in [3.05, 3.63) is 149 Å². The molecule has 0 fully saturated rings. The summed E-state index contributed by atoms with van der Waals surface area (Å²) in [5.74, 6) is 0.0741. The van der Waals surface area contributed by atoms with Crippen molar-refractivity contribution < 1.29 is 33.3 Å². The molecule has 0 saturated carbocycles. The first-order valence-electron chi connectivity index (χ1n) is 23.9. The highest BCUT2D eigenvalue weighted by Crippen LogP contribution is 2.39. The van der Waals surface area contributed by atoms with E-state index in [1.54, 1.807) is 65.9 Å². The summed E-state index contributed by atoms with van der Waals surface area (Å²) in [7, 11) is 1.62. The predicted molar refractivity (Wildman–Crippen MR) is 289 cm³/mol. The first-order valence-corrected chi connectivity index (χ1v) is 25.0. The van der Waals surface area contributed by atoms with Gasteiger partial charge in [-0.15, -0.1) is 23.2 Å². The number of benzene rings is 5. The number of nitrogens with one attached hydrogen (secondary N) is 1. The zero-order valence-electron chi connectivity index (χ0n) is 41.7. The van der Waals surface area contributed by atoms with Gasteiger partial charge in [0.2, 0.25) is 17.1 Å². The molecule has 3 amide bonds. The lowest BCUT2D eigenvalue weighted by Gasteiger charge is -2.33. The fourth-order valence-electron chi connectivity index (χ4n) is 9.34. The Morgan fingerprint density at radius 3 is 1.97 bits per heavy atom. The molecular weight excluding hydrogens is 950 g/mol. The minimum absolute atomic E-state index is 0.0485. The van der Waals surface area contributed by atoms with Crippen LogP contribution in [-0.2, 0) is 20.9 Å². The van der Waals surface area contributed by atoms with Crippen LogP contribution in [0, 0.1) is 5.41 Å². The fraction of sp³-hybridized carbons (Fsp3) is 0.298. The van der Waals surface area contributed by atoms with Gasteiger partial charge < -0.3 is 36.2 Å². The predicted octanol–water partition coefficient (Wildman–Crippen LogP) is 9.35. The van der Waals surface area contributed by atoms with Crippen molar-refractivity contribution in [1.29, 1.82) is 0 Å². The van der Waals surface area contributed by atoms with Gasteiger partial charge in [0.25, 0.3) is 5.91 Å². The zero-order chi connectivity index (χ0) is 51.9. The average Bonchev–Trinajstić information content (AvgIpc) is 3.36. The number of Topliss-reactive ketones (excluding diaryl/α,β-unsaturated/α-hetero) is 2. The van der Waals surface area contributed by atoms with Crippen molar-refractivity contribution in [2.75, 3.05) is 74.4 Å². The molecule has 1 aromatic heterocycles. The number of halogens is 2. The summed E-state index contributed by atoms with van der Waals surface area (Å²) in [6.07, 6.45) is -0.726. The Labute approximate surface area is 431 Å². The SMILES string of the molecule is CC1=C(C)C(=O)C(C(C)(C)CC(=O)N(C)CCN(CCNC(=O)c2ccc(C[n+]3c(-c4ccccc4)c4cc(N)ccc4c4ccc(N)cc43)cc2)C(=O)Oc2ccc(N(CCCl)CCCl)cc2)=C(C)C1=O. The van der Waals surface area contributed by atoms with Gasteiger partial charge in [0.1, 0.15) is 5.75 Å². The summed E-state index contributed by atoms with van der Waals surface area (Å²) in [4.78, 5) is 72.7. The molecule has 0 spiro atoms. The lowest BCUT2D eigenvalue weighted by molar-refractivity contribution is -0.650. The van der Waals surface area contributed by atoms with E-state index < -0.39 is 11.5 Å². The van der Waals surface area contributed by atoms with Crippen LogP contribution in [0.4, 0.5) is 21.9 Å². The van der Waals surface area contributed by atoms with Gasteiger partial charge in [-0.3, -0.25) is 19.2 Å². The van der Waals surface area contributed by atoms with Crippen LogP contribution in [0.3, 0.4) is 0 Å². The molecule has 13 nitrogen and oxygen atoms in total. The van der Waals surface area contributed by atoms with Crippen LogP contribution in [0.2, 0.25) is 0 Å². The third kappa shape index (κ3) is 11.8. The summed E-state index contributed by atoms with van der Waals surface area (Å²) in [6.45, 7) is 10.4. The maximum Gasteiger partial charge on any atom is 0.415 e. The van der Waals surface area contributed by atoms with Crippen molar-refractivity contribution >= 4 is 91.4 Å². The molecule has 5 N–H and O–H groups in total. The maximum atomic E-state index is 13.9. The zero-order valence-corrected chi connectivity index (χ0v) is 43.2. The van der Waals surface area contributed by atoms with Gasteiger partial charge in [-0.1, -0.05) is 50.2 Å². The molecule has 6 aromatic rings. The van der Waals surface area contributed by atoms with Gasteiger partial charge in [0, 0.05) is 137 Å². The number of pyridine rings is 1. The lowest BCUT2D eigenvalue weighted by Crippen LogP contribution is -2.45.